The van der Waals surface area contributed by atoms with E-state index in [4.69, 9.17) is 10.5 Å². The van der Waals surface area contributed by atoms with Crippen LogP contribution in [-0.2, 0) is 14.3 Å². The van der Waals surface area contributed by atoms with E-state index in [1.54, 1.807) is 0 Å². The molecule has 2 saturated carbocycles. The minimum atomic E-state index is -0.694. The van der Waals surface area contributed by atoms with Crippen LogP contribution in [0.5, 0.6) is 0 Å². The third-order valence-electron chi connectivity index (χ3n) is 5.41. The maximum atomic E-state index is 11.3. The Labute approximate surface area is 147 Å². The Kier molecular flexibility index (Phi) is 10.7. The third kappa shape index (κ3) is 7.21. The van der Waals surface area contributed by atoms with Gasteiger partial charge < -0.3 is 10.5 Å². The van der Waals surface area contributed by atoms with Crippen molar-refractivity contribution in [2.45, 2.75) is 83.6 Å². The summed E-state index contributed by atoms with van der Waals surface area (Å²) < 4.78 is 4.70. The summed E-state index contributed by atoms with van der Waals surface area (Å²) in [4.78, 5) is 22.1. The van der Waals surface area contributed by atoms with Gasteiger partial charge in [-0.1, -0.05) is 26.7 Å². The van der Waals surface area contributed by atoms with Crippen LogP contribution in [0.25, 0.3) is 0 Å². The van der Waals surface area contributed by atoms with Crippen molar-refractivity contribution in [3.05, 3.63) is 0 Å². The van der Waals surface area contributed by atoms with Crippen molar-refractivity contribution < 1.29 is 14.3 Å². The highest BCUT2D eigenvalue weighted by atomic mass is 35.5. The second kappa shape index (κ2) is 11.0. The molecule has 5 heteroatoms. The first-order chi connectivity index (χ1) is 10.4. The first kappa shape index (κ1) is 22.4. The van der Waals surface area contributed by atoms with Crippen molar-refractivity contribution in [2.24, 2.45) is 17.6 Å². The average Bonchev–Trinajstić information content (AvgIpc) is 2.56. The van der Waals surface area contributed by atoms with Crippen LogP contribution in [-0.4, -0.2) is 24.4 Å². The molecule has 4 nitrogen and oxygen atoms in total. The van der Waals surface area contributed by atoms with E-state index in [-0.39, 0.29) is 18.4 Å². The van der Waals surface area contributed by atoms with Gasteiger partial charge >= 0.3 is 5.97 Å². The zero-order valence-electron chi connectivity index (χ0n) is 14.9. The van der Waals surface area contributed by atoms with E-state index in [0.29, 0.717) is 5.78 Å². The quantitative estimate of drug-likeness (QED) is 0.782. The maximum Gasteiger partial charge on any atom is 0.325 e. The summed E-state index contributed by atoms with van der Waals surface area (Å²) in [6.45, 7) is 4.40. The molecule has 23 heavy (non-hydrogen) atoms. The molecule has 0 heterocycles. The topological polar surface area (TPSA) is 69.4 Å². The number of carbonyl (C=O) groups excluding carboxylic acids is 2. The number of carbonyl (C=O) groups is 2. The summed E-state index contributed by atoms with van der Waals surface area (Å²) in [6.07, 6.45) is 10.1. The van der Waals surface area contributed by atoms with Crippen molar-refractivity contribution in [1.29, 1.82) is 0 Å². The molecule has 2 aliphatic rings. The molecular weight excluding hydrogens is 314 g/mol. The Hall–Kier alpha value is -0.610. The van der Waals surface area contributed by atoms with Crippen LogP contribution >= 0.6 is 12.4 Å². The molecule has 0 bridgehead atoms. The second-order valence-corrected chi connectivity index (χ2v) is 6.89. The fourth-order valence-electron chi connectivity index (χ4n) is 3.42. The van der Waals surface area contributed by atoms with E-state index in [0.717, 1.165) is 63.2 Å². The number of esters is 1. The van der Waals surface area contributed by atoms with Gasteiger partial charge in [0.2, 0.25) is 0 Å². The summed E-state index contributed by atoms with van der Waals surface area (Å²) in [5.41, 5.74) is 5.26. The first-order valence-electron chi connectivity index (χ1n) is 8.84. The minimum absolute atomic E-state index is 0. The number of hydrogen-bond donors (Lipinski definition) is 1. The van der Waals surface area contributed by atoms with Gasteiger partial charge in [-0.3, -0.25) is 9.59 Å². The number of ketones is 1. The zero-order chi connectivity index (χ0) is 16.6. The van der Waals surface area contributed by atoms with E-state index < -0.39 is 5.54 Å². The van der Waals surface area contributed by atoms with Crippen LogP contribution in [0.1, 0.15) is 78.1 Å². The Balaban J connectivity index is 0.000000427. The molecule has 2 fully saturated rings. The van der Waals surface area contributed by atoms with Crippen molar-refractivity contribution >= 4 is 24.2 Å². The van der Waals surface area contributed by atoms with Crippen LogP contribution in [0.3, 0.4) is 0 Å². The Morgan fingerprint density at radius 3 is 1.91 bits per heavy atom. The van der Waals surface area contributed by atoms with E-state index in [1.165, 1.54) is 20.0 Å². The number of nitrogens with two attached hydrogens (primary N) is 1. The number of methoxy groups -OCH3 is 1. The third-order valence-corrected chi connectivity index (χ3v) is 5.41. The van der Waals surface area contributed by atoms with E-state index in [2.05, 4.69) is 13.8 Å². The molecule has 2 rings (SSSR count). The lowest BCUT2D eigenvalue weighted by atomic mass is 9.76. The summed E-state index contributed by atoms with van der Waals surface area (Å²) >= 11 is 0. The molecule has 2 N–H and O–H groups in total. The largest absolute Gasteiger partial charge is 0.468 e. The van der Waals surface area contributed by atoms with Crippen LogP contribution in [0.4, 0.5) is 0 Å². The standard InChI is InChI=1S/C10H19NO2.C8H14O.ClH/c1-3-8-4-6-10(11,7-5-8)9(12)13-2;1-2-7-3-5-8(9)6-4-7;/h8H,3-7,11H2,1-2H3;7H,2-6H2,1H3;1H/t8-,10-;;. The van der Waals surface area contributed by atoms with Gasteiger partial charge in [0.25, 0.3) is 0 Å². The van der Waals surface area contributed by atoms with Gasteiger partial charge in [-0.25, -0.2) is 0 Å². The SMILES string of the molecule is CCC1CCC(=O)CC1.CC[C@H]1CC[C@@](N)(C(=O)OC)CC1.Cl. The number of Topliss-reactive ketones (excluding diaryl/α,β-unsaturated/α-hetero) is 1. The molecule has 0 unspecified atom stereocenters. The summed E-state index contributed by atoms with van der Waals surface area (Å²) in [5, 5.41) is 0. The van der Waals surface area contributed by atoms with Gasteiger partial charge in [-0.15, -0.1) is 12.4 Å². The molecule has 0 aromatic heterocycles. The van der Waals surface area contributed by atoms with Gasteiger partial charge in [-0.2, -0.15) is 0 Å². The number of ether oxygens (including phenoxy) is 1. The fourth-order valence-corrected chi connectivity index (χ4v) is 3.42. The van der Waals surface area contributed by atoms with Gasteiger partial charge in [0, 0.05) is 12.8 Å². The van der Waals surface area contributed by atoms with Crippen LogP contribution in [0.15, 0.2) is 0 Å². The lowest BCUT2D eigenvalue weighted by Crippen LogP contribution is -2.51. The highest BCUT2D eigenvalue weighted by Gasteiger charge is 2.38. The van der Waals surface area contributed by atoms with E-state index in [9.17, 15) is 9.59 Å². The van der Waals surface area contributed by atoms with Crippen LogP contribution < -0.4 is 5.73 Å². The number of hydrogen-bond acceptors (Lipinski definition) is 4. The molecule has 136 valence electrons. The van der Waals surface area contributed by atoms with Crippen molar-refractivity contribution in [2.75, 3.05) is 7.11 Å². The minimum Gasteiger partial charge on any atom is -0.468 e. The molecule has 0 atom stereocenters. The van der Waals surface area contributed by atoms with Crippen LogP contribution in [0, 0.1) is 11.8 Å². The van der Waals surface area contributed by atoms with Gasteiger partial charge in [0.15, 0.2) is 0 Å². The Morgan fingerprint density at radius 1 is 1.09 bits per heavy atom. The first-order valence-corrected chi connectivity index (χ1v) is 8.84. The molecule has 0 amide bonds. The maximum absolute atomic E-state index is 11.3. The summed E-state index contributed by atoms with van der Waals surface area (Å²) in [5.74, 6) is 1.82. The number of rotatable bonds is 3. The van der Waals surface area contributed by atoms with Gasteiger partial charge in [0.05, 0.1) is 7.11 Å². The van der Waals surface area contributed by atoms with Crippen molar-refractivity contribution in [3.63, 3.8) is 0 Å². The molecular formula is C18H34ClNO3. The smallest absolute Gasteiger partial charge is 0.325 e. The second-order valence-electron chi connectivity index (χ2n) is 6.89. The van der Waals surface area contributed by atoms with Crippen LogP contribution in [0.2, 0.25) is 0 Å². The normalized spacial score (nSPS) is 28.2. The lowest BCUT2D eigenvalue weighted by Gasteiger charge is -2.34. The monoisotopic (exact) mass is 347 g/mol. The number of halogens is 1. The molecule has 0 aromatic rings. The van der Waals surface area contributed by atoms with Crippen molar-refractivity contribution in [3.8, 4) is 0 Å². The summed E-state index contributed by atoms with van der Waals surface area (Å²) in [7, 11) is 1.41. The Morgan fingerprint density at radius 2 is 1.52 bits per heavy atom. The Bertz CT molecular complexity index is 355. The summed E-state index contributed by atoms with van der Waals surface area (Å²) in [6, 6.07) is 0. The predicted octanol–water partition coefficient (Wildman–Crippen LogP) is 4.03. The van der Waals surface area contributed by atoms with E-state index in [1.807, 2.05) is 0 Å². The molecule has 2 aliphatic carbocycles. The van der Waals surface area contributed by atoms with Crippen molar-refractivity contribution in [1.82, 2.24) is 0 Å². The molecule has 0 radical (unpaired) electrons. The molecule has 0 saturated heterocycles. The zero-order valence-corrected chi connectivity index (χ0v) is 15.8. The highest BCUT2D eigenvalue weighted by Crippen LogP contribution is 2.32. The van der Waals surface area contributed by atoms with E-state index >= 15 is 0 Å². The average molecular weight is 348 g/mol. The van der Waals surface area contributed by atoms with Gasteiger partial charge in [0.1, 0.15) is 11.3 Å². The highest BCUT2D eigenvalue weighted by molar-refractivity contribution is 5.85. The lowest BCUT2D eigenvalue weighted by molar-refractivity contribution is -0.148. The molecule has 0 spiro atoms. The predicted molar refractivity (Wildman–Crippen MR) is 95.7 cm³/mol. The van der Waals surface area contributed by atoms with Gasteiger partial charge in [-0.05, 0) is 50.4 Å². The molecule has 0 aromatic carbocycles. The fraction of sp³-hybridized carbons (Fsp3) is 0.889. The molecule has 0 aliphatic heterocycles.